The van der Waals surface area contributed by atoms with E-state index in [2.05, 4.69) is 15.0 Å². The van der Waals surface area contributed by atoms with Gasteiger partial charge in [-0.2, -0.15) is 0 Å². The van der Waals surface area contributed by atoms with E-state index in [0.29, 0.717) is 16.3 Å². The molecule has 0 aliphatic carbocycles. The van der Waals surface area contributed by atoms with Crippen LogP contribution >= 0.6 is 11.3 Å². The zero-order valence-electron chi connectivity index (χ0n) is 15.8. The maximum Gasteiger partial charge on any atom is 0.257 e. The number of amides is 1. The van der Waals surface area contributed by atoms with Crippen molar-refractivity contribution in [3.05, 3.63) is 65.4 Å². The van der Waals surface area contributed by atoms with Crippen LogP contribution in [0.1, 0.15) is 28.5 Å². The second kappa shape index (κ2) is 8.22. The summed E-state index contributed by atoms with van der Waals surface area (Å²) in [5.41, 5.74) is 2.84. The summed E-state index contributed by atoms with van der Waals surface area (Å²) < 4.78 is 26.9. The SMILES string of the molecule is CCNS(=O)(=O)c1ccc(C)c(C(=O)Nc2nc(C)c(-c3ccccc3)s2)c1. The van der Waals surface area contributed by atoms with E-state index in [1.165, 1.54) is 23.5 Å². The van der Waals surface area contributed by atoms with Gasteiger partial charge >= 0.3 is 0 Å². The number of nitrogens with zero attached hydrogens (tertiary/aromatic N) is 1. The summed E-state index contributed by atoms with van der Waals surface area (Å²) in [6.07, 6.45) is 0. The molecule has 0 fully saturated rings. The molecule has 2 N–H and O–H groups in total. The zero-order chi connectivity index (χ0) is 20.3. The molecule has 6 nitrogen and oxygen atoms in total. The molecular formula is C20H21N3O3S2. The molecule has 1 amide bonds. The summed E-state index contributed by atoms with van der Waals surface area (Å²) in [6.45, 7) is 5.64. The van der Waals surface area contributed by atoms with E-state index in [-0.39, 0.29) is 17.3 Å². The first kappa shape index (κ1) is 20.2. The van der Waals surface area contributed by atoms with Crippen LogP contribution in [0.4, 0.5) is 5.13 Å². The van der Waals surface area contributed by atoms with E-state index < -0.39 is 10.0 Å². The van der Waals surface area contributed by atoms with Crippen LogP contribution in [0.5, 0.6) is 0 Å². The lowest BCUT2D eigenvalue weighted by atomic mass is 10.1. The van der Waals surface area contributed by atoms with Crippen LogP contribution in [-0.2, 0) is 10.0 Å². The van der Waals surface area contributed by atoms with Crippen molar-refractivity contribution in [2.75, 3.05) is 11.9 Å². The molecule has 1 aromatic heterocycles. The molecular weight excluding hydrogens is 394 g/mol. The summed E-state index contributed by atoms with van der Waals surface area (Å²) >= 11 is 1.39. The van der Waals surface area contributed by atoms with Gasteiger partial charge in [0.2, 0.25) is 10.0 Å². The largest absolute Gasteiger partial charge is 0.298 e. The van der Waals surface area contributed by atoms with Crippen molar-refractivity contribution in [1.29, 1.82) is 0 Å². The number of anilines is 1. The quantitative estimate of drug-likeness (QED) is 0.637. The number of carbonyl (C=O) groups excluding carboxylic acids is 1. The Morgan fingerprint density at radius 2 is 1.82 bits per heavy atom. The highest BCUT2D eigenvalue weighted by Gasteiger charge is 2.19. The number of hydrogen-bond donors (Lipinski definition) is 2. The van der Waals surface area contributed by atoms with Gasteiger partial charge in [0.1, 0.15) is 0 Å². The average Bonchev–Trinajstić information content (AvgIpc) is 3.02. The standard InChI is InChI=1S/C20H21N3O3S2/c1-4-21-28(25,26)16-11-10-13(2)17(12-16)19(24)23-20-22-14(3)18(27-20)15-8-6-5-7-9-15/h5-12,21H,4H2,1-3H3,(H,22,23,24). The molecule has 0 aliphatic rings. The molecule has 0 aliphatic heterocycles. The third-order valence-electron chi connectivity index (χ3n) is 4.15. The molecule has 0 unspecified atom stereocenters. The van der Waals surface area contributed by atoms with Crippen molar-refractivity contribution in [2.45, 2.75) is 25.7 Å². The van der Waals surface area contributed by atoms with E-state index in [9.17, 15) is 13.2 Å². The Labute approximate surface area is 168 Å². The summed E-state index contributed by atoms with van der Waals surface area (Å²) in [7, 11) is -3.64. The Balaban J connectivity index is 1.88. The normalized spacial score (nSPS) is 11.4. The topological polar surface area (TPSA) is 88.2 Å². The number of sulfonamides is 1. The summed E-state index contributed by atoms with van der Waals surface area (Å²) in [5.74, 6) is -0.389. The van der Waals surface area contributed by atoms with Gasteiger partial charge in [0, 0.05) is 12.1 Å². The third kappa shape index (κ3) is 4.30. The number of hydrogen-bond acceptors (Lipinski definition) is 5. The number of aromatic nitrogens is 1. The molecule has 3 aromatic rings. The van der Waals surface area contributed by atoms with Crippen LogP contribution in [0.3, 0.4) is 0 Å². The summed E-state index contributed by atoms with van der Waals surface area (Å²) in [5, 5.41) is 3.27. The second-order valence-electron chi connectivity index (χ2n) is 6.23. The van der Waals surface area contributed by atoms with E-state index in [4.69, 9.17) is 0 Å². The van der Waals surface area contributed by atoms with Gasteiger partial charge in [-0.25, -0.2) is 18.1 Å². The number of benzene rings is 2. The van der Waals surface area contributed by atoms with Crippen molar-refractivity contribution < 1.29 is 13.2 Å². The maximum absolute atomic E-state index is 12.8. The number of nitrogens with one attached hydrogen (secondary N) is 2. The van der Waals surface area contributed by atoms with E-state index in [1.54, 1.807) is 19.9 Å². The second-order valence-corrected chi connectivity index (χ2v) is 9.00. The minimum Gasteiger partial charge on any atom is -0.298 e. The number of carbonyl (C=O) groups is 1. The van der Waals surface area contributed by atoms with Gasteiger partial charge in [-0.15, -0.1) is 0 Å². The predicted octanol–water partition coefficient (Wildman–Crippen LogP) is 3.98. The van der Waals surface area contributed by atoms with Gasteiger partial charge in [-0.05, 0) is 37.1 Å². The minimum atomic E-state index is -3.64. The molecule has 28 heavy (non-hydrogen) atoms. The lowest BCUT2D eigenvalue weighted by Crippen LogP contribution is -2.24. The highest BCUT2D eigenvalue weighted by Crippen LogP contribution is 2.32. The summed E-state index contributed by atoms with van der Waals surface area (Å²) in [4.78, 5) is 18.3. The Bertz CT molecular complexity index is 1110. The van der Waals surface area contributed by atoms with Crippen LogP contribution in [0.25, 0.3) is 10.4 Å². The molecule has 2 aromatic carbocycles. The Kier molecular flexibility index (Phi) is 5.93. The highest BCUT2D eigenvalue weighted by atomic mass is 32.2. The molecule has 0 radical (unpaired) electrons. The predicted molar refractivity (Wildman–Crippen MR) is 112 cm³/mol. The number of aryl methyl sites for hydroxylation is 2. The fourth-order valence-corrected chi connectivity index (χ4v) is 4.79. The molecule has 0 saturated carbocycles. The molecule has 1 heterocycles. The lowest BCUT2D eigenvalue weighted by Gasteiger charge is -2.09. The van der Waals surface area contributed by atoms with Crippen LogP contribution < -0.4 is 10.0 Å². The third-order valence-corrected chi connectivity index (χ3v) is 6.82. The van der Waals surface area contributed by atoms with Gasteiger partial charge in [-0.3, -0.25) is 10.1 Å². The first-order valence-corrected chi connectivity index (χ1v) is 11.1. The monoisotopic (exact) mass is 415 g/mol. The van der Waals surface area contributed by atoms with Crippen molar-refractivity contribution in [3.8, 4) is 10.4 Å². The van der Waals surface area contributed by atoms with Crippen molar-refractivity contribution >= 4 is 32.4 Å². The number of thiazole rings is 1. The first-order chi connectivity index (χ1) is 13.3. The van der Waals surface area contributed by atoms with Crippen LogP contribution in [0.2, 0.25) is 0 Å². The van der Waals surface area contributed by atoms with E-state index in [1.807, 2.05) is 37.3 Å². The molecule has 3 rings (SSSR count). The Morgan fingerprint density at radius 3 is 2.50 bits per heavy atom. The summed E-state index contributed by atoms with van der Waals surface area (Å²) in [6, 6.07) is 14.3. The molecule has 0 spiro atoms. The van der Waals surface area contributed by atoms with Crippen LogP contribution in [0, 0.1) is 13.8 Å². The minimum absolute atomic E-state index is 0.0605. The smallest absolute Gasteiger partial charge is 0.257 e. The first-order valence-electron chi connectivity index (χ1n) is 8.76. The molecule has 0 atom stereocenters. The Hall–Kier alpha value is -2.55. The Morgan fingerprint density at radius 1 is 1.11 bits per heavy atom. The zero-order valence-corrected chi connectivity index (χ0v) is 17.4. The van der Waals surface area contributed by atoms with Gasteiger partial charge in [0.05, 0.1) is 15.5 Å². The fraction of sp³-hybridized carbons (Fsp3) is 0.200. The van der Waals surface area contributed by atoms with Crippen molar-refractivity contribution in [1.82, 2.24) is 9.71 Å². The number of rotatable bonds is 6. The maximum atomic E-state index is 12.8. The van der Waals surface area contributed by atoms with E-state index in [0.717, 1.165) is 16.1 Å². The van der Waals surface area contributed by atoms with Crippen molar-refractivity contribution in [2.24, 2.45) is 0 Å². The van der Waals surface area contributed by atoms with Gasteiger partial charge in [0.15, 0.2) is 5.13 Å². The van der Waals surface area contributed by atoms with Crippen molar-refractivity contribution in [3.63, 3.8) is 0 Å². The van der Waals surface area contributed by atoms with Gasteiger partial charge in [-0.1, -0.05) is 54.7 Å². The highest BCUT2D eigenvalue weighted by molar-refractivity contribution is 7.89. The lowest BCUT2D eigenvalue weighted by molar-refractivity contribution is 0.102. The molecule has 0 saturated heterocycles. The van der Waals surface area contributed by atoms with Crippen LogP contribution in [0.15, 0.2) is 53.4 Å². The van der Waals surface area contributed by atoms with Gasteiger partial charge in [0.25, 0.3) is 5.91 Å². The molecule has 146 valence electrons. The molecule has 8 heteroatoms. The average molecular weight is 416 g/mol. The fourth-order valence-electron chi connectivity index (χ4n) is 2.76. The van der Waals surface area contributed by atoms with E-state index >= 15 is 0 Å². The van der Waals surface area contributed by atoms with Gasteiger partial charge < -0.3 is 0 Å². The van der Waals surface area contributed by atoms with Crippen LogP contribution in [-0.4, -0.2) is 25.9 Å². The molecule has 0 bridgehead atoms.